The first-order valence-electron chi connectivity index (χ1n) is 10.8. The van der Waals surface area contributed by atoms with E-state index in [0.29, 0.717) is 0 Å². The van der Waals surface area contributed by atoms with Gasteiger partial charge in [0.25, 0.3) is 0 Å². The molecule has 1 aliphatic heterocycles. The van der Waals surface area contributed by atoms with E-state index in [2.05, 4.69) is 4.98 Å². The van der Waals surface area contributed by atoms with Gasteiger partial charge in [-0.1, -0.05) is 13.0 Å². The zero-order valence-electron chi connectivity index (χ0n) is 19.3. The quantitative estimate of drug-likeness (QED) is 0.645. The lowest BCUT2D eigenvalue weighted by Crippen LogP contribution is -2.50. The van der Waals surface area contributed by atoms with Gasteiger partial charge in [-0.2, -0.15) is 4.31 Å². The SMILES string of the molecule is COCC(=O)N(C)C[C@@H]1Oc2cc(-c3ccncc3)ccc2S(=O)(=O)N([C@@H](C)CO)C[C@H]1C. The van der Waals surface area contributed by atoms with Crippen molar-refractivity contribution in [3.8, 4) is 16.9 Å². The summed E-state index contributed by atoms with van der Waals surface area (Å²) in [6, 6.07) is 8.01. The van der Waals surface area contributed by atoms with Crippen molar-refractivity contribution in [3.05, 3.63) is 42.7 Å². The van der Waals surface area contributed by atoms with Gasteiger partial charge in [-0.25, -0.2) is 8.42 Å². The van der Waals surface area contributed by atoms with E-state index in [-0.39, 0.29) is 48.8 Å². The number of sulfonamides is 1. The Morgan fingerprint density at radius 3 is 2.64 bits per heavy atom. The Labute approximate surface area is 195 Å². The Balaban J connectivity index is 2.08. The maximum Gasteiger partial charge on any atom is 0.248 e. The van der Waals surface area contributed by atoms with E-state index in [1.54, 1.807) is 38.5 Å². The van der Waals surface area contributed by atoms with Crippen LogP contribution in [0.2, 0.25) is 0 Å². The van der Waals surface area contributed by atoms with Gasteiger partial charge in [0.05, 0.1) is 13.2 Å². The van der Waals surface area contributed by atoms with Crippen LogP contribution in [0.1, 0.15) is 13.8 Å². The third kappa shape index (κ3) is 5.52. The molecule has 1 amide bonds. The van der Waals surface area contributed by atoms with E-state index >= 15 is 0 Å². The molecule has 0 saturated heterocycles. The summed E-state index contributed by atoms with van der Waals surface area (Å²) in [6.07, 6.45) is 2.84. The van der Waals surface area contributed by atoms with Gasteiger partial charge < -0.3 is 19.5 Å². The zero-order chi connectivity index (χ0) is 24.2. The fourth-order valence-electron chi connectivity index (χ4n) is 3.77. The Morgan fingerprint density at radius 2 is 2.00 bits per heavy atom. The smallest absolute Gasteiger partial charge is 0.248 e. The predicted octanol–water partition coefficient (Wildman–Crippen LogP) is 1.62. The summed E-state index contributed by atoms with van der Waals surface area (Å²) >= 11 is 0. The molecule has 1 aromatic heterocycles. The fraction of sp³-hybridized carbons (Fsp3) is 0.478. The molecule has 0 radical (unpaired) electrons. The molecule has 0 fully saturated rings. The number of pyridine rings is 1. The van der Waals surface area contributed by atoms with Crippen molar-refractivity contribution in [2.45, 2.75) is 30.9 Å². The highest BCUT2D eigenvalue weighted by Gasteiger charge is 2.38. The van der Waals surface area contributed by atoms with Crippen LogP contribution in [-0.2, 0) is 19.6 Å². The van der Waals surface area contributed by atoms with E-state index in [0.717, 1.165) is 11.1 Å². The number of likely N-dealkylation sites (N-methyl/N-ethyl adjacent to an activating group) is 1. The summed E-state index contributed by atoms with van der Waals surface area (Å²) in [5.41, 5.74) is 1.65. The topological polar surface area (TPSA) is 109 Å². The summed E-state index contributed by atoms with van der Waals surface area (Å²) < 4.78 is 39.6. The highest BCUT2D eigenvalue weighted by molar-refractivity contribution is 7.89. The average Bonchev–Trinajstić information content (AvgIpc) is 2.81. The number of aromatic nitrogens is 1. The minimum absolute atomic E-state index is 0.0309. The van der Waals surface area contributed by atoms with Crippen molar-refractivity contribution in [3.63, 3.8) is 0 Å². The van der Waals surface area contributed by atoms with E-state index in [1.807, 2.05) is 19.1 Å². The molecule has 1 aliphatic rings. The third-order valence-electron chi connectivity index (χ3n) is 5.83. The molecule has 0 unspecified atom stereocenters. The highest BCUT2D eigenvalue weighted by atomic mass is 32.2. The first-order valence-corrected chi connectivity index (χ1v) is 12.2. The van der Waals surface area contributed by atoms with Gasteiger partial charge in [0, 0.05) is 45.1 Å². The van der Waals surface area contributed by atoms with Gasteiger partial charge in [-0.15, -0.1) is 0 Å². The van der Waals surface area contributed by atoms with Crippen LogP contribution in [0.5, 0.6) is 5.75 Å². The molecule has 0 aliphatic carbocycles. The van der Waals surface area contributed by atoms with Crippen LogP contribution in [-0.4, -0.2) is 86.2 Å². The summed E-state index contributed by atoms with van der Waals surface area (Å²) in [6.45, 7) is 3.58. The monoisotopic (exact) mass is 477 g/mol. The van der Waals surface area contributed by atoms with Crippen molar-refractivity contribution in [2.24, 2.45) is 5.92 Å². The van der Waals surface area contributed by atoms with Crippen LogP contribution in [0.4, 0.5) is 0 Å². The van der Waals surface area contributed by atoms with Crippen LogP contribution in [0.3, 0.4) is 0 Å². The number of carbonyl (C=O) groups is 1. The molecular formula is C23H31N3O6S. The largest absolute Gasteiger partial charge is 0.487 e. The molecule has 0 saturated carbocycles. The second-order valence-electron chi connectivity index (χ2n) is 8.34. The number of nitrogens with zero attached hydrogens (tertiary/aromatic N) is 3. The number of aliphatic hydroxyl groups excluding tert-OH is 1. The third-order valence-corrected chi connectivity index (χ3v) is 7.85. The zero-order valence-corrected chi connectivity index (χ0v) is 20.2. The van der Waals surface area contributed by atoms with Gasteiger partial charge in [0.15, 0.2) is 0 Å². The molecular weight excluding hydrogens is 446 g/mol. The number of fused-ring (bicyclic) bond motifs is 1. The van der Waals surface area contributed by atoms with Crippen molar-refractivity contribution < 1.29 is 27.8 Å². The van der Waals surface area contributed by atoms with Gasteiger partial charge in [-0.3, -0.25) is 9.78 Å². The maximum absolute atomic E-state index is 13.5. The summed E-state index contributed by atoms with van der Waals surface area (Å²) in [4.78, 5) is 17.9. The summed E-state index contributed by atoms with van der Waals surface area (Å²) in [5.74, 6) is -0.248. The van der Waals surface area contributed by atoms with E-state index in [4.69, 9.17) is 9.47 Å². The molecule has 33 heavy (non-hydrogen) atoms. The Bertz CT molecular complexity index is 1060. The Morgan fingerprint density at radius 1 is 1.30 bits per heavy atom. The van der Waals surface area contributed by atoms with Gasteiger partial charge in [0.1, 0.15) is 23.4 Å². The molecule has 3 atom stereocenters. The number of rotatable bonds is 7. The van der Waals surface area contributed by atoms with Crippen LogP contribution < -0.4 is 4.74 Å². The second kappa shape index (κ2) is 10.6. The molecule has 0 spiro atoms. The molecule has 0 bridgehead atoms. The first-order chi connectivity index (χ1) is 15.7. The minimum atomic E-state index is -3.93. The average molecular weight is 478 g/mol. The van der Waals surface area contributed by atoms with Gasteiger partial charge in [0.2, 0.25) is 15.9 Å². The second-order valence-corrected chi connectivity index (χ2v) is 10.2. The van der Waals surface area contributed by atoms with Crippen molar-refractivity contribution in [1.82, 2.24) is 14.2 Å². The molecule has 10 heteroatoms. The standard InChI is InChI=1S/C23H31N3O6S/c1-16-12-26(17(2)14-27)33(29,30)22-6-5-19(18-7-9-24-10-8-18)11-20(22)32-21(16)13-25(3)23(28)15-31-4/h5-11,16-17,21,27H,12-15H2,1-4H3/t16-,17+,21+/m1/s1. The van der Waals surface area contributed by atoms with Gasteiger partial charge >= 0.3 is 0 Å². The molecule has 3 rings (SSSR count). The molecule has 9 nitrogen and oxygen atoms in total. The van der Waals surface area contributed by atoms with Crippen LogP contribution in [0, 0.1) is 5.92 Å². The van der Waals surface area contributed by atoms with Crippen molar-refractivity contribution in [2.75, 3.05) is 40.5 Å². The Kier molecular flexibility index (Phi) is 8.06. The molecule has 1 N–H and O–H groups in total. The fourth-order valence-corrected chi connectivity index (χ4v) is 5.60. The highest BCUT2D eigenvalue weighted by Crippen LogP contribution is 2.36. The first kappa shape index (κ1) is 25.1. The van der Waals surface area contributed by atoms with Crippen LogP contribution in [0.25, 0.3) is 11.1 Å². The molecule has 2 aromatic rings. The number of amides is 1. The number of carbonyl (C=O) groups excluding carboxylic acids is 1. The van der Waals surface area contributed by atoms with Crippen molar-refractivity contribution in [1.29, 1.82) is 0 Å². The lowest BCUT2D eigenvalue weighted by molar-refractivity contribution is -0.135. The summed E-state index contributed by atoms with van der Waals surface area (Å²) in [5, 5.41) is 9.74. The Hall–Kier alpha value is -2.53. The maximum atomic E-state index is 13.5. The van der Waals surface area contributed by atoms with Crippen LogP contribution >= 0.6 is 0 Å². The summed E-state index contributed by atoms with van der Waals surface area (Å²) in [7, 11) is -0.810. The predicted molar refractivity (Wildman–Crippen MR) is 123 cm³/mol. The number of methoxy groups -OCH3 is 1. The minimum Gasteiger partial charge on any atom is -0.487 e. The normalized spacial score (nSPS) is 21.2. The molecule has 180 valence electrons. The molecule has 1 aromatic carbocycles. The lowest BCUT2D eigenvalue weighted by atomic mass is 10.0. The number of hydrogen-bond acceptors (Lipinski definition) is 7. The van der Waals surface area contributed by atoms with Crippen molar-refractivity contribution >= 4 is 15.9 Å². The van der Waals surface area contributed by atoms with E-state index < -0.39 is 22.2 Å². The van der Waals surface area contributed by atoms with E-state index in [1.165, 1.54) is 22.4 Å². The van der Waals surface area contributed by atoms with E-state index in [9.17, 15) is 18.3 Å². The number of benzene rings is 1. The number of aliphatic hydroxyl groups is 1. The lowest BCUT2D eigenvalue weighted by Gasteiger charge is -2.37. The van der Waals surface area contributed by atoms with Crippen LogP contribution in [0.15, 0.2) is 47.6 Å². The van der Waals surface area contributed by atoms with Gasteiger partial charge in [-0.05, 0) is 42.3 Å². The number of ether oxygens (including phenoxy) is 2. The number of hydrogen-bond donors (Lipinski definition) is 1. The molecule has 2 heterocycles.